The van der Waals surface area contributed by atoms with Crippen LogP contribution in [0.1, 0.15) is 36.0 Å². The highest BCUT2D eigenvalue weighted by atomic mass is 35.5. The van der Waals surface area contributed by atoms with Crippen LogP contribution in [0.4, 0.5) is 11.8 Å². The average molecular weight is 425 g/mol. The Hall–Kier alpha value is -2.93. The molecule has 1 saturated carbocycles. The third-order valence-corrected chi connectivity index (χ3v) is 5.60. The van der Waals surface area contributed by atoms with Gasteiger partial charge >= 0.3 is 0 Å². The van der Waals surface area contributed by atoms with E-state index >= 15 is 0 Å². The van der Waals surface area contributed by atoms with Gasteiger partial charge in [-0.25, -0.2) is 9.97 Å². The molecule has 0 saturated heterocycles. The molecule has 2 N–H and O–H groups in total. The van der Waals surface area contributed by atoms with Gasteiger partial charge in [-0.2, -0.15) is 4.98 Å². The number of carbonyl (C=O) groups excluding carboxylic acids is 1. The fourth-order valence-corrected chi connectivity index (χ4v) is 4.02. The molecule has 1 fully saturated rings. The van der Waals surface area contributed by atoms with E-state index in [9.17, 15) is 4.79 Å². The molecule has 1 aromatic carbocycles. The molecule has 2 heterocycles. The minimum Gasteiger partial charge on any atom is -0.362 e. The fraction of sp³-hybridized carbons (Fsp3) is 0.364. The van der Waals surface area contributed by atoms with Gasteiger partial charge in [-0.3, -0.25) is 4.79 Å². The third-order valence-electron chi connectivity index (χ3n) is 5.39. The predicted octanol–water partition coefficient (Wildman–Crippen LogP) is 3.90. The summed E-state index contributed by atoms with van der Waals surface area (Å²) in [5.41, 5.74) is 1.46. The number of pyridine rings is 1. The molecule has 0 spiro atoms. The molecule has 8 heteroatoms. The second kappa shape index (κ2) is 8.83. The van der Waals surface area contributed by atoms with E-state index < -0.39 is 0 Å². The lowest BCUT2D eigenvalue weighted by Crippen LogP contribution is -2.40. The Balaban J connectivity index is 1.37. The number of halogens is 1. The van der Waals surface area contributed by atoms with Crippen molar-refractivity contribution in [1.29, 1.82) is 0 Å². The molecule has 4 rings (SSSR count). The van der Waals surface area contributed by atoms with Crippen molar-refractivity contribution >= 4 is 40.2 Å². The van der Waals surface area contributed by atoms with Gasteiger partial charge in [0.15, 0.2) is 0 Å². The first-order chi connectivity index (χ1) is 14.5. The zero-order valence-corrected chi connectivity index (χ0v) is 17.9. The quantitative estimate of drug-likeness (QED) is 0.604. The summed E-state index contributed by atoms with van der Waals surface area (Å²) in [6, 6.07) is 11.7. The van der Waals surface area contributed by atoms with Crippen LogP contribution in [0.2, 0.25) is 5.15 Å². The second-order valence-electron chi connectivity index (χ2n) is 7.82. The number of anilines is 2. The van der Waals surface area contributed by atoms with Crippen LogP contribution in [0.3, 0.4) is 0 Å². The normalized spacial score (nSPS) is 18.8. The number of nitrogens with zero attached hydrogens (tertiary/aromatic N) is 4. The van der Waals surface area contributed by atoms with E-state index in [2.05, 4.69) is 15.6 Å². The van der Waals surface area contributed by atoms with Gasteiger partial charge in [-0.15, -0.1) is 0 Å². The van der Waals surface area contributed by atoms with Crippen molar-refractivity contribution in [2.24, 2.45) is 0 Å². The molecule has 0 unspecified atom stereocenters. The molecule has 1 amide bonds. The van der Waals surface area contributed by atoms with Gasteiger partial charge in [-0.1, -0.05) is 23.7 Å². The molecule has 156 valence electrons. The zero-order chi connectivity index (χ0) is 21.1. The molecular weight excluding hydrogens is 400 g/mol. The van der Waals surface area contributed by atoms with Crippen molar-refractivity contribution in [3.05, 3.63) is 53.3 Å². The summed E-state index contributed by atoms with van der Waals surface area (Å²) in [6.45, 7) is 0. The Morgan fingerprint density at radius 3 is 2.53 bits per heavy atom. The first-order valence-electron chi connectivity index (χ1n) is 10.1. The van der Waals surface area contributed by atoms with Crippen molar-refractivity contribution < 1.29 is 4.79 Å². The highest BCUT2D eigenvalue weighted by Gasteiger charge is 2.24. The first kappa shape index (κ1) is 20.3. The number of amides is 1. The smallest absolute Gasteiger partial charge is 0.251 e. The summed E-state index contributed by atoms with van der Waals surface area (Å²) in [7, 11) is 3.98. The molecule has 0 bridgehead atoms. The van der Waals surface area contributed by atoms with E-state index in [4.69, 9.17) is 21.6 Å². The third kappa shape index (κ3) is 4.62. The van der Waals surface area contributed by atoms with Gasteiger partial charge in [0, 0.05) is 43.3 Å². The van der Waals surface area contributed by atoms with Gasteiger partial charge in [0.1, 0.15) is 11.0 Å². The van der Waals surface area contributed by atoms with Gasteiger partial charge in [0.25, 0.3) is 5.91 Å². The number of para-hydroxylation sites is 1. The summed E-state index contributed by atoms with van der Waals surface area (Å²) in [4.78, 5) is 27.8. The van der Waals surface area contributed by atoms with Crippen molar-refractivity contribution in [3.63, 3.8) is 0 Å². The van der Waals surface area contributed by atoms with E-state index in [-0.39, 0.29) is 18.0 Å². The number of nitrogens with one attached hydrogen (secondary N) is 2. The largest absolute Gasteiger partial charge is 0.362 e. The molecule has 1 aliphatic carbocycles. The van der Waals surface area contributed by atoms with Crippen LogP contribution in [0.25, 0.3) is 10.9 Å². The number of carbonyl (C=O) groups is 1. The Morgan fingerprint density at radius 1 is 1.07 bits per heavy atom. The zero-order valence-electron chi connectivity index (χ0n) is 17.1. The second-order valence-corrected chi connectivity index (χ2v) is 8.20. The monoisotopic (exact) mass is 424 g/mol. The maximum atomic E-state index is 12.4. The van der Waals surface area contributed by atoms with Gasteiger partial charge in [0.05, 0.1) is 5.52 Å². The van der Waals surface area contributed by atoms with E-state index in [0.717, 1.165) is 42.4 Å². The molecule has 2 aromatic heterocycles. The average Bonchev–Trinajstić information content (AvgIpc) is 2.74. The lowest BCUT2D eigenvalue weighted by Gasteiger charge is -2.30. The van der Waals surface area contributed by atoms with E-state index in [1.54, 1.807) is 18.3 Å². The van der Waals surface area contributed by atoms with Crippen LogP contribution in [-0.2, 0) is 0 Å². The summed E-state index contributed by atoms with van der Waals surface area (Å²) >= 11 is 5.88. The summed E-state index contributed by atoms with van der Waals surface area (Å²) < 4.78 is 0. The summed E-state index contributed by atoms with van der Waals surface area (Å²) in [6.07, 6.45) is 5.22. The maximum Gasteiger partial charge on any atom is 0.251 e. The van der Waals surface area contributed by atoms with Crippen LogP contribution in [0, 0.1) is 0 Å². The minimum absolute atomic E-state index is 0.107. The highest BCUT2D eigenvalue weighted by molar-refractivity contribution is 6.29. The molecule has 0 atom stereocenters. The number of aromatic nitrogens is 3. The van der Waals surface area contributed by atoms with Crippen LogP contribution < -0.4 is 15.5 Å². The highest BCUT2D eigenvalue weighted by Crippen LogP contribution is 2.26. The summed E-state index contributed by atoms with van der Waals surface area (Å²) in [5, 5.41) is 7.96. The maximum absolute atomic E-state index is 12.4. The Kier molecular flexibility index (Phi) is 5.99. The molecule has 0 radical (unpaired) electrons. The molecule has 3 aromatic rings. The van der Waals surface area contributed by atoms with Crippen LogP contribution in [0.15, 0.2) is 42.6 Å². The molecule has 30 heavy (non-hydrogen) atoms. The van der Waals surface area contributed by atoms with Crippen molar-refractivity contribution in [3.8, 4) is 0 Å². The number of fused-ring (bicyclic) bond motifs is 1. The van der Waals surface area contributed by atoms with Crippen LogP contribution in [-0.4, -0.2) is 47.0 Å². The number of hydrogen-bond donors (Lipinski definition) is 2. The number of hydrogen-bond acceptors (Lipinski definition) is 6. The Labute approximate surface area is 180 Å². The number of rotatable bonds is 5. The van der Waals surface area contributed by atoms with Gasteiger partial charge in [0.2, 0.25) is 5.95 Å². The van der Waals surface area contributed by atoms with Crippen LogP contribution in [0.5, 0.6) is 0 Å². The first-order valence-corrected chi connectivity index (χ1v) is 10.5. The van der Waals surface area contributed by atoms with E-state index in [0.29, 0.717) is 16.7 Å². The van der Waals surface area contributed by atoms with Gasteiger partial charge < -0.3 is 15.5 Å². The lowest BCUT2D eigenvalue weighted by atomic mass is 9.91. The molecule has 1 aliphatic rings. The minimum atomic E-state index is -0.107. The van der Waals surface area contributed by atoms with Crippen LogP contribution >= 0.6 is 11.6 Å². The molecular formula is C22H25ClN6O. The van der Waals surface area contributed by atoms with Crippen molar-refractivity contribution in [1.82, 2.24) is 20.3 Å². The lowest BCUT2D eigenvalue weighted by molar-refractivity contribution is 0.0926. The summed E-state index contributed by atoms with van der Waals surface area (Å²) in [5.74, 6) is 1.44. The topological polar surface area (TPSA) is 83.0 Å². The Morgan fingerprint density at radius 2 is 1.80 bits per heavy atom. The van der Waals surface area contributed by atoms with E-state index in [1.807, 2.05) is 43.3 Å². The van der Waals surface area contributed by atoms with Crippen molar-refractivity contribution in [2.45, 2.75) is 37.8 Å². The standard InChI is InChI=1S/C22H25ClN6O/c1-29(2)20-17-5-3-4-6-18(17)27-22(28-20)26-16-9-7-15(8-10-16)25-21(30)14-11-12-24-19(23)13-14/h3-6,11-13,15-16H,7-10H2,1-2H3,(H,25,30)(H,26,27,28)/t15-,16+. The van der Waals surface area contributed by atoms with Crippen molar-refractivity contribution in [2.75, 3.05) is 24.3 Å². The van der Waals surface area contributed by atoms with Gasteiger partial charge in [-0.05, 0) is 49.9 Å². The van der Waals surface area contributed by atoms with E-state index in [1.165, 1.54) is 0 Å². The molecule has 7 nitrogen and oxygen atoms in total. The number of benzene rings is 1. The SMILES string of the molecule is CN(C)c1nc(N[C@H]2CC[C@@H](NC(=O)c3ccnc(Cl)c3)CC2)nc2ccccc12. The molecule has 0 aliphatic heterocycles. The fourth-order valence-electron chi connectivity index (χ4n) is 3.84. The predicted molar refractivity (Wildman–Crippen MR) is 120 cm³/mol. The Bertz CT molecular complexity index is 1050.